The summed E-state index contributed by atoms with van der Waals surface area (Å²) in [5.41, 5.74) is 2.60. The summed E-state index contributed by atoms with van der Waals surface area (Å²) < 4.78 is 0. The molecular weight excluding hydrogens is 420 g/mol. The van der Waals surface area contributed by atoms with Gasteiger partial charge < -0.3 is 5.32 Å². The maximum Gasteiger partial charge on any atom is 0.255 e. The fourth-order valence-corrected chi connectivity index (χ4v) is 5.56. The molecule has 5 nitrogen and oxygen atoms in total. The zero-order valence-corrected chi connectivity index (χ0v) is 18.1. The summed E-state index contributed by atoms with van der Waals surface area (Å²) in [6.45, 7) is 1.39. The Morgan fingerprint density at radius 3 is 2.19 bits per heavy atom. The molecule has 2 amide bonds. The van der Waals surface area contributed by atoms with E-state index in [0.717, 1.165) is 16.1 Å². The lowest BCUT2D eigenvalue weighted by Crippen LogP contribution is -2.54. The molecule has 1 N–H and O–H groups in total. The van der Waals surface area contributed by atoms with Crippen LogP contribution in [0.15, 0.2) is 100 Å². The lowest BCUT2D eigenvalue weighted by molar-refractivity contribution is -0.126. The van der Waals surface area contributed by atoms with Gasteiger partial charge in [-0.1, -0.05) is 84.6 Å². The van der Waals surface area contributed by atoms with Crippen molar-refractivity contribution in [3.8, 4) is 0 Å². The van der Waals surface area contributed by atoms with Gasteiger partial charge >= 0.3 is 0 Å². The molecule has 6 heteroatoms. The van der Waals surface area contributed by atoms with Crippen LogP contribution in [-0.4, -0.2) is 23.6 Å². The van der Waals surface area contributed by atoms with Gasteiger partial charge in [0.1, 0.15) is 6.04 Å². The van der Waals surface area contributed by atoms with Crippen molar-refractivity contribution in [1.82, 2.24) is 5.32 Å². The van der Waals surface area contributed by atoms with Crippen LogP contribution in [0.2, 0.25) is 0 Å². The molecule has 0 unspecified atom stereocenters. The largest absolute Gasteiger partial charge is 0.344 e. The Labute approximate surface area is 190 Å². The van der Waals surface area contributed by atoms with Crippen molar-refractivity contribution >= 4 is 35.0 Å². The molecule has 0 fully saturated rings. The third kappa shape index (κ3) is 3.33. The summed E-state index contributed by atoms with van der Waals surface area (Å²) in [6, 6.07) is 25.2. The Morgan fingerprint density at radius 2 is 1.50 bits per heavy atom. The highest BCUT2D eigenvalue weighted by molar-refractivity contribution is 8.03. The van der Waals surface area contributed by atoms with Gasteiger partial charge in [0.05, 0.1) is 10.7 Å². The first-order valence-corrected chi connectivity index (χ1v) is 11.1. The van der Waals surface area contributed by atoms with Crippen LogP contribution in [0.25, 0.3) is 0 Å². The van der Waals surface area contributed by atoms with E-state index in [1.165, 1.54) is 18.7 Å². The van der Waals surface area contributed by atoms with Gasteiger partial charge in [-0.05, 0) is 17.7 Å². The van der Waals surface area contributed by atoms with Gasteiger partial charge in [-0.15, -0.1) is 0 Å². The number of carbonyl (C=O) groups excluding carboxylic acids is 3. The molecule has 0 spiro atoms. The van der Waals surface area contributed by atoms with Crippen molar-refractivity contribution in [3.63, 3.8) is 0 Å². The molecule has 0 aromatic heterocycles. The minimum atomic E-state index is -0.895. The molecule has 2 heterocycles. The molecule has 0 saturated heterocycles. The van der Waals surface area contributed by atoms with Crippen molar-refractivity contribution in [2.24, 2.45) is 0 Å². The van der Waals surface area contributed by atoms with Crippen molar-refractivity contribution in [3.05, 3.63) is 107 Å². The molecule has 5 rings (SSSR count). The van der Waals surface area contributed by atoms with Crippen molar-refractivity contribution in [1.29, 1.82) is 0 Å². The van der Waals surface area contributed by atoms with Crippen LogP contribution in [0, 0.1) is 0 Å². The molecule has 3 aromatic rings. The SMILES string of the molecule is CC(=O)N[C@@H]1C(=O)N2C(=C(C(=O)c3ccccc3)[C@H]1c1ccccc1)Sc1ccccc12. The molecule has 32 heavy (non-hydrogen) atoms. The topological polar surface area (TPSA) is 66.5 Å². The van der Waals surface area contributed by atoms with Gasteiger partial charge in [0.15, 0.2) is 5.78 Å². The highest BCUT2D eigenvalue weighted by Crippen LogP contribution is 2.53. The standard InChI is InChI=1S/C26H20N2O3S/c1-16(29)27-23-21(17-10-4-2-5-11-17)22(24(30)18-12-6-3-7-13-18)26-28(25(23)31)19-14-8-9-15-20(19)32-26/h2-15,21,23H,1H3,(H,27,29)/t21-,23+/m1/s1. The Hall–Kier alpha value is -3.64. The number of benzene rings is 3. The summed E-state index contributed by atoms with van der Waals surface area (Å²) in [4.78, 5) is 42.3. The van der Waals surface area contributed by atoms with Crippen molar-refractivity contribution < 1.29 is 14.4 Å². The second kappa shape index (κ2) is 8.13. The number of Topliss-reactive ketones (excluding diaryl/α,β-unsaturated/α-hetero) is 1. The monoisotopic (exact) mass is 440 g/mol. The fraction of sp³-hybridized carbons (Fsp3) is 0.115. The van der Waals surface area contributed by atoms with Gasteiger partial charge in [0.2, 0.25) is 5.91 Å². The molecule has 2 aliphatic rings. The van der Waals surface area contributed by atoms with Crippen LogP contribution in [0.3, 0.4) is 0 Å². The van der Waals surface area contributed by atoms with Crippen LogP contribution in [0.4, 0.5) is 5.69 Å². The van der Waals surface area contributed by atoms with Crippen LogP contribution >= 0.6 is 11.8 Å². The Kier molecular flexibility index (Phi) is 5.15. The zero-order chi connectivity index (χ0) is 22.2. The molecule has 0 saturated carbocycles. The van der Waals surface area contributed by atoms with Gasteiger partial charge in [0, 0.05) is 28.9 Å². The quantitative estimate of drug-likeness (QED) is 0.606. The predicted molar refractivity (Wildman–Crippen MR) is 124 cm³/mol. The van der Waals surface area contributed by atoms with Crippen molar-refractivity contribution in [2.45, 2.75) is 23.8 Å². The van der Waals surface area contributed by atoms with E-state index in [1.807, 2.05) is 72.8 Å². The van der Waals surface area contributed by atoms with Crippen molar-refractivity contribution in [2.75, 3.05) is 4.90 Å². The predicted octanol–water partition coefficient (Wildman–Crippen LogP) is 4.52. The molecule has 0 radical (unpaired) electrons. The minimum Gasteiger partial charge on any atom is -0.344 e. The number of rotatable bonds is 4. The lowest BCUT2D eigenvalue weighted by Gasteiger charge is -2.38. The van der Waals surface area contributed by atoms with Gasteiger partial charge in [-0.25, -0.2) is 0 Å². The van der Waals surface area contributed by atoms with Crippen LogP contribution in [0.5, 0.6) is 0 Å². The smallest absolute Gasteiger partial charge is 0.255 e. The molecule has 2 atom stereocenters. The van der Waals surface area contributed by atoms with Gasteiger partial charge in [0.25, 0.3) is 5.91 Å². The van der Waals surface area contributed by atoms with E-state index in [2.05, 4.69) is 5.32 Å². The number of ketones is 1. The molecule has 0 aliphatic carbocycles. The first kappa shape index (κ1) is 20.3. The number of amides is 2. The summed E-state index contributed by atoms with van der Waals surface area (Å²) in [6.07, 6.45) is 0. The number of nitrogens with zero attached hydrogens (tertiary/aromatic N) is 1. The lowest BCUT2D eigenvalue weighted by atomic mass is 9.79. The Morgan fingerprint density at radius 1 is 0.875 bits per heavy atom. The Balaban J connectivity index is 1.78. The summed E-state index contributed by atoms with van der Waals surface area (Å²) in [5, 5.41) is 3.45. The highest BCUT2D eigenvalue weighted by Gasteiger charge is 2.49. The normalized spacial score (nSPS) is 19.4. The van der Waals surface area contributed by atoms with E-state index in [4.69, 9.17) is 0 Å². The number of nitrogens with one attached hydrogen (secondary N) is 1. The van der Waals surface area contributed by atoms with E-state index >= 15 is 0 Å². The number of carbonyl (C=O) groups is 3. The Bertz CT molecular complexity index is 1250. The second-order valence-corrected chi connectivity index (χ2v) is 8.75. The molecule has 2 aliphatic heterocycles. The first-order valence-electron chi connectivity index (χ1n) is 10.3. The molecule has 158 valence electrons. The third-order valence-electron chi connectivity index (χ3n) is 5.68. The first-order chi connectivity index (χ1) is 15.6. The molecular formula is C26H20N2O3S. The van der Waals surface area contributed by atoms with E-state index < -0.39 is 12.0 Å². The van der Waals surface area contributed by atoms with Gasteiger partial charge in [-0.2, -0.15) is 0 Å². The van der Waals surface area contributed by atoms with Crippen LogP contribution in [0.1, 0.15) is 28.8 Å². The van der Waals surface area contributed by atoms with Gasteiger partial charge in [-0.3, -0.25) is 19.3 Å². The molecule has 3 aromatic carbocycles. The number of anilines is 1. The summed E-state index contributed by atoms with van der Waals surface area (Å²) >= 11 is 1.43. The average molecular weight is 441 g/mol. The average Bonchev–Trinajstić information content (AvgIpc) is 3.20. The third-order valence-corrected chi connectivity index (χ3v) is 6.84. The van der Waals surface area contributed by atoms with E-state index in [0.29, 0.717) is 16.2 Å². The van der Waals surface area contributed by atoms with E-state index in [9.17, 15) is 14.4 Å². The number of para-hydroxylation sites is 1. The number of fused-ring (bicyclic) bond motifs is 3. The molecule has 0 bridgehead atoms. The maximum atomic E-state index is 13.9. The fourth-order valence-electron chi connectivity index (χ4n) is 4.33. The zero-order valence-electron chi connectivity index (χ0n) is 17.3. The number of hydrogen-bond donors (Lipinski definition) is 1. The summed E-state index contributed by atoms with van der Waals surface area (Å²) in [7, 11) is 0. The number of hydrogen-bond acceptors (Lipinski definition) is 4. The maximum absolute atomic E-state index is 13.9. The van der Waals surface area contributed by atoms with Crippen LogP contribution < -0.4 is 10.2 Å². The number of thioether (sulfide) groups is 1. The van der Waals surface area contributed by atoms with Crippen LogP contribution in [-0.2, 0) is 9.59 Å². The van der Waals surface area contributed by atoms with E-state index in [-0.39, 0.29) is 17.6 Å². The second-order valence-electron chi connectivity index (χ2n) is 7.72. The van der Waals surface area contributed by atoms with E-state index in [1.54, 1.807) is 17.0 Å². The minimum absolute atomic E-state index is 0.150. The summed E-state index contributed by atoms with van der Waals surface area (Å²) in [5.74, 6) is -1.32. The highest BCUT2D eigenvalue weighted by atomic mass is 32.2.